The second-order valence-corrected chi connectivity index (χ2v) is 6.54. The molecule has 7 heteroatoms. The van der Waals surface area contributed by atoms with Crippen molar-refractivity contribution in [2.24, 2.45) is 0 Å². The van der Waals surface area contributed by atoms with Crippen molar-refractivity contribution in [2.75, 3.05) is 31.5 Å². The number of nitrogens with zero attached hydrogens (tertiary/aromatic N) is 2. The zero-order chi connectivity index (χ0) is 18.5. The first-order valence-corrected chi connectivity index (χ1v) is 8.72. The van der Waals surface area contributed by atoms with Crippen LogP contribution in [0, 0.1) is 5.82 Å². The molecule has 0 unspecified atom stereocenters. The van der Waals surface area contributed by atoms with Gasteiger partial charge in [-0.25, -0.2) is 4.39 Å². The molecule has 2 amide bonds. The molecule has 2 aromatic rings. The predicted octanol–water partition coefficient (Wildman–Crippen LogP) is 2.76. The summed E-state index contributed by atoms with van der Waals surface area (Å²) in [5.74, 6) is -1.92. The summed E-state index contributed by atoms with van der Waals surface area (Å²) in [6.45, 7) is 3.21. The molecular weight excluding hydrogens is 357 g/mol. The summed E-state index contributed by atoms with van der Waals surface area (Å²) in [7, 11) is 0. The molecular formula is C19H19ClFN3O2. The van der Waals surface area contributed by atoms with Gasteiger partial charge in [0.25, 0.3) is 0 Å². The Morgan fingerprint density at radius 3 is 2.38 bits per heavy atom. The van der Waals surface area contributed by atoms with E-state index < -0.39 is 17.6 Å². The van der Waals surface area contributed by atoms with Gasteiger partial charge in [0, 0.05) is 38.4 Å². The lowest BCUT2D eigenvalue weighted by atomic mass is 10.2. The lowest BCUT2D eigenvalue weighted by Gasteiger charge is -2.34. The van der Waals surface area contributed by atoms with E-state index in [1.807, 2.05) is 18.2 Å². The van der Waals surface area contributed by atoms with Crippen LogP contribution in [-0.4, -0.2) is 47.8 Å². The standard InChI is InChI=1S/C19H19ClFN3O2/c20-16-12-15(6-7-17(16)21)22-18(25)19(26)24-10-8-23(9-11-24)13-14-4-2-1-3-5-14/h1-7,12H,8-11,13H2,(H,22,25). The van der Waals surface area contributed by atoms with E-state index in [0.29, 0.717) is 26.2 Å². The predicted molar refractivity (Wildman–Crippen MR) is 98.3 cm³/mol. The number of benzene rings is 2. The molecule has 0 spiro atoms. The monoisotopic (exact) mass is 375 g/mol. The average molecular weight is 376 g/mol. The highest BCUT2D eigenvalue weighted by atomic mass is 35.5. The fraction of sp³-hybridized carbons (Fsp3) is 0.263. The number of hydrogen-bond donors (Lipinski definition) is 1. The lowest BCUT2D eigenvalue weighted by molar-refractivity contribution is -0.144. The molecule has 136 valence electrons. The quantitative estimate of drug-likeness (QED) is 0.839. The van der Waals surface area contributed by atoms with Crippen molar-refractivity contribution in [1.29, 1.82) is 0 Å². The minimum atomic E-state index is -0.746. The van der Waals surface area contributed by atoms with Gasteiger partial charge in [-0.05, 0) is 23.8 Å². The largest absolute Gasteiger partial charge is 0.332 e. The second-order valence-electron chi connectivity index (χ2n) is 6.14. The molecule has 1 N–H and O–H groups in total. The molecule has 1 heterocycles. The summed E-state index contributed by atoms with van der Waals surface area (Å²) in [6.07, 6.45) is 0. The van der Waals surface area contributed by atoms with Crippen LogP contribution in [0.15, 0.2) is 48.5 Å². The molecule has 1 aliphatic rings. The second kappa shape index (κ2) is 8.29. The Balaban J connectivity index is 1.51. The summed E-state index contributed by atoms with van der Waals surface area (Å²) < 4.78 is 13.2. The Kier molecular flexibility index (Phi) is 5.85. The Labute approximate surface area is 156 Å². The van der Waals surface area contributed by atoms with E-state index in [9.17, 15) is 14.0 Å². The van der Waals surface area contributed by atoms with E-state index in [1.165, 1.54) is 22.6 Å². The molecule has 0 saturated carbocycles. The first kappa shape index (κ1) is 18.4. The summed E-state index contributed by atoms with van der Waals surface area (Å²) in [4.78, 5) is 28.2. The topological polar surface area (TPSA) is 52.7 Å². The average Bonchev–Trinajstić information content (AvgIpc) is 2.65. The summed E-state index contributed by atoms with van der Waals surface area (Å²) >= 11 is 5.68. The van der Waals surface area contributed by atoms with Gasteiger partial charge in [0.05, 0.1) is 5.02 Å². The summed E-state index contributed by atoms with van der Waals surface area (Å²) in [6, 6.07) is 13.9. The van der Waals surface area contributed by atoms with E-state index >= 15 is 0 Å². The van der Waals surface area contributed by atoms with Crippen molar-refractivity contribution in [1.82, 2.24) is 9.80 Å². The molecule has 26 heavy (non-hydrogen) atoms. The molecule has 5 nitrogen and oxygen atoms in total. The maximum absolute atomic E-state index is 13.2. The van der Waals surface area contributed by atoms with Crippen LogP contribution in [0.1, 0.15) is 5.56 Å². The molecule has 1 saturated heterocycles. The summed E-state index contributed by atoms with van der Waals surface area (Å²) in [5, 5.41) is 2.36. The highest BCUT2D eigenvalue weighted by Gasteiger charge is 2.26. The van der Waals surface area contributed by atoms with Crippen LogP contribution in [0.4, 0.5) is 10.1 Å². The maximum atomic E-state index is 13.2. The molecule has 0 atom stereocenters. The fourth-order valence-corrected chi connectivity index (χ4v) is 3.03. The minimum Gasteiger partial charge on any atom is -0.332 e. The highest BCUT2D eigenvalue weighted by molar-refractivity contribution is 6.39. The van der Waals surface area contributed by atoms with Gasteiger partial charge in [0.1, 0.15) is 5.82 Å². The van der Waals surface area contributed by atoms with Gasteiger partial charge in [-0.3, -0.25) is 14.5 Å². The molecule has 3 rings (SSSR count). The number of rotatable bonds is 3. The first-order valence-electron chi connectivity index (χ1n) is 8.34. The number of carbonyl (C=O) groups excluding carboxylic acids is 2. The number of carbonyl (C=O) groups is 2. The van der Waals surface area contributed by atoms with E-state index in [-0.39, 0.29) is 10.7 Å². The van der Waals surface area contributed by atoms with E-state index in [4.69, 9.17) is 11.6 Å². The SMILES string of the molecule is O=C(Nc1ccc(F)c(Cl)c1)C(=O)N1CCN(Cc2ccccc2)CC1. The van der Waals surface area contributed by atoms with Gasteiger partial charge in [-0.2, -0.15) is 0 Å². The smallest absolute Gasteiger partial charge is 0.313 e. The molecule has 1 fully saturated rings. The first-order chi connectivity index (χ1) is 12.5. The number of piperazine rings is 1. The minimum absolute atomic E-state index is 0.107. The Hall–Kier alpha value is -2.44. The van der Waals surface area contributed by atoms with Gasteiger partial charge in [0.15, 0.2) is 0 Å². The zero-order valence-electron chi connectivity index (χ0n) is 14.1. The molecule has 0 aromatic heterocycles. The third kappa shape index (κ3) is 4.59. The number of halogens is 2. The molecule has 0 aliphatic carbocycles. The van der Waals surface area contributed by atoms with E-state index in [0.717, 1.165) is 12.6 Å². The lowest BCUT2D eigenvalue weighted by Crippen LogP contribution is -2.51. The van der Waals surface area contributed by atoms with E-state index in [2.05, 4.69) is 22.3 Å². The van der Waals surface area contributed by atoms with Crippen molar-refractivity contribution in [3.8, 4) is 0 Å². The maximum Gasteiger partial charge on any atom is 0.313 e. The van der Waals surface area contributed by atoms with Crippen LogP contribution in [0.2, 0.25) is 5.02 Å². The van der Waals surface area contributed by atoms with Gasteiger partial charge in [0.2, 0.25) is 0 Å². The van der Waals surface area contributed by atoms with Gasteiger partial charge < -0.3 is 10.2 Å². The Bertz CT molecular complexity index is 793. The van der Waals surface area contributed by atoms with Crippen LogP contribution in [-0.2, 0) is 16.1 Å². The highest BCUT2D eigenvalue weighted by Crippen LogP contribution is 2.19. The molecule has 1 aliphatic heterocycles. The van der Waals surface area contributed by atoms with Crippen molar-refractivity contribution >= 4 is 29.1 Å². The number of nitrogens with one attached hydrogen (secondary N) is 1. The Morgan fingerprint density at radius 2 is 1.73 bits per heavy atom. The molecule has 2 aromatic carbocycles. The number of hydrogen-bond acceptors (Lipinski definition) is 3. The molecule has 0 bridgehead atoms. The van der Waals surface area contributed by atoms with Crippen LogP contribution < -0.4 is 5.32 Å². The third-order valence-electron chi connectivity index (χ3n) is 4.28. The van der Waals surface area contributed by atoms with Crippen LogP contribution >= 0.6 is 11.6 Å². The van der Waals surface area contributed by atoms with Crippen LogP contribution in [0.25, 0.3) is 0 Å². The van der Waals surface area contributed by atoms with Gasteiger partial charge >= 0.3 is 11.8 Å². The summed E-state index contributed by atoms with van der Waals surface area (Å²) in [5.41, 5.74) is 1.51. The zero-order valence-corrected chi connectivity index (χ0v) is 14.9. The van der Waals surface area contributed by atoms with E-state index in [1.54, 1.807) is 0 Å². The van der Waals surface area contributed by atoms with Crippen molar-refractivity contribution in [3.05, 3.63) is 64.9 Å². The number of anilines is 1. The normalized spacial score (nSPS) is 14.9. The van der Waals surface area contributed by atoms with Crippen molar-refractivity contribution in [3.63, 3.8) is 0 Å². The van der Waals surface area contributed by atoms with Crippen LogP contribution in [0.3, 0.4) is 0 Å². The van der Waals surface area contributed by atoms with Crippen molar-refractivity contribution < 1.29 is 14.0 Å². The van der Waals surface area contributed by atoms with Crippen molar-refractivity contribution in [2.45, 2.75) is 6.54 Å². The Morgan fingerprint density at radius 1 is 1.04 bits per heavy atom. The number of amides is 2. The third-order valence-corrected chi connectivity index (χ3v) is 4.57. The van der Waals surface area contributed by atoms with Crippen LogP contribution in [0.5, 0.6) is 0 Å². The van der Waals surface area contributed by atoms with Gasteiger partial charge in [-0.1, -0.05) is 41.9 Å². The van der Waals surface area contributed by atoms with Gasteiger partial charge in [-0.15, -0.1) is 0 Å². The molecule has 0 radical (unpaired) electrons. The fourth-order valence-electron chi connectivity index (χ4n) is 2.85.